The second-order valence-electron chi connectivity index (χ2n) is 14.4. The van der Waals surface area contributed by atoms with Crippen LogP contribution < -0.4 is 5.73 Å². The summed E-state index contributed by atoms with van der Waals surface area (Å²) in [4.78, 5) is 21.5. The number of phenols is 2. The summed E-state index contributed by atoms with van der Waals surface area (Å²) in [5.74, 6) is -0.618. The molecule has 5 rings (SSSR count). The smallest absolute Gasteiger partial charge is 0.320 e. The first-order chi connectivity index (χ1) is 20.1. The predicted molar refractivity (Wildman–Crippen MR) is 159 cm³/mol. The first-order valence-corrected chi connectivity index (χ1v) is 15.8. The van der Waals surface area contributed by atoms with Gasteiger partial charge in [0.15, 0.2) is 11.5 Å². The van der Waals surface area contributed by atoms with Crippen LogP contribution >= 0.6 is 0 Å². The lowest BCUT2D eigenvalue weighted by atomic mass is 9.43. The molecule has 4 aliphatic rings. The summed E-state index contributed by atoms with van der Waals surface area (Å²) in [6.07, 6.45) is 6.11. The molecule has 0 spiro atoms. The summed E-state index contributed by atoms with van der Waals surface area (Å²) in [6, 6.07) is 3.09. The van der Waals surface area contributed by atoms with Crippen molar-refractivity contribution in [3.63, 3.8) is 0 Å². The summed E-state index contributed by atoms with van der Waals surface area (Å²) >= 11 is 0. The molecule has 4 saturated carbocycles. The van der Waals surface area contributed by atoms with Crippen molar-refractivity contribution >= 4 is 11.9 Å². The Kier molecular flexibility index (Phi) is 10.1. The van der Waals surface area contributed by atoms with Crippen LogP contribution in [0.25, 0.3) is 0 Å². The quantitative estimate of drug-likeness (QED) is 0.213. The molecule has 0 heterocycles. The lowest BCUT2D eigenvalue weighted by Gasteiger charge is -2.63. The maximum absolute atomic E-state index is 11.5. The van der Waals surface area contributed by atoms with Crippen molar-refractivity contribution in [2.24, 2.45) is 52.1 Å². The summed E-state index contributed by atoms with van der Waals surface area (Å²) in [7, 11) is 0. The second-order valence-corrected chi connectivity index (χ2v) is 14.4. The summed E-state index contributed by atoms with van der Waals surface area (Å²) in [6.45, 7) is 6.72. The molecule has 0 saturated heterocycles. The molecule has 0 unspecified atom stereocenters. The van der Waals surface area contributed by atoms with Crippen LogP contribution in [0.15, 0.2) is 18.2 Å². The number of hydrogen-bond acceptors (Lipinski definition) is 8. The van der Waals surface area contributed by atoms with Gasteiger partial charge in [-0.1, -0.05) is 26.8 Å². The molecule has 0 bridgehead atoms. The number of aliphatic hydroxyl groups is 3. The van der Waals surface area contributed by atoms with Crippen molar-refractivity contribution in [3.8, 4) is 11.5 Å². The Balaban J connectivity index is 0.000000255. The Morgan fingerprint density at radius 2 is 1.67 bits per heavy atom. The minimum absolute atomic E-state index is 0.0957. The monoisotopic (exact) mass is 605 g/mol. The normalized spacial score (nSPS) is 39.7. The highest BCUT2D eigenvalue weighted by atomic mass is 16.4. The number of carbonyl (C=O) groups is 2. The molecule has 1 aromatic carbocycles. The van der Waals surface area contributed by atoms with Gasteiger partial charge in [0.1, 0.15) is 6.04 Å². The fourth-order valence-corrected chi connectivity index (χ4v) is 9.72. The zero-order chi connectivity index (χ0) is 31.9. The number of nitrogens with two attached hydrogens (primary N) is 1. The topological polar surface area (TPSA) is 202 Å². The van der Waals surface area contributed by atoms with E-state index >= 15 is 0 Å². The summed E-state index contributed by atoms with van der Waals surface area (Å²) in [5.41, 5.74) is 5.71. The Morgan fingerprint density at radius 3 is 2.30 bits per heavy atom. The van der Waals surface area contributed by atoms with Crippen LogP contribution in [-0.4, -0.2) is 72.0 Å². The van der Waals surface area contributed by atoms with Gasteiger partial charge in [0.2, 0.25) is 0 Å². The van der Waals surface area contributed by atoms with Crippen LogP contribution in [0.4, 0.5) is 0 Å². The van der Waals surface area contributed by atoms with E-state index < -0.39 is 24.1 Å². The molecule has 1 aromatic rings. The molecule has 43 heavy (non-hydrogen) atoms. The van der Waals surface area contributed by atoms with Crippen molar-refractivity contribution in [2.45, 2.75) is 109 Å². The van der Waals surface area contributed by atoms with E-state index in [2.05, 4.69) is 20.8 Å². The van der Waals surface area contributed by atoms with E-state index in [1.54, 1.807) is 0 Å². The van der Waals surface area contributed by atoms with E-state index in [4.69, 9.17) is 26.2 Å². The summed E-state index contributed by atoms with van der Waals surface area (Å²) < 4.78 is 0. The number of carboxylic acids is 2. The fraction of sp³-hybridized carbons (Fsp3) is 0.758. The van der Waals surface area contributed by atoms with Crippen molar-refractivity contribution in [2.75, 3.05) is 0 Å². The van der Waals surface area contributed by atoms with E-state index in [0.29, 0.717) is 35.7 Å². The number of aliphatic hydroxyl groups excluding tert-OH is 3. The molecular formula is C33H51NO9. The standard InChI is InChI=1S/C24H40O5.C9H11NO4/c1-13(4-7-21(28)29)16-5-6-17-22-18(12-20(27)24(16,17)3)23(2)9-8-15(25)10-14(23)11-19(22)26;10-6(9(13)14)3-5-1-2-7(11)8(12)4-5/h13-20,22,25-27H,4-12H2,1-3H3,(H,28,29);1-2,4,6,11-12H,3,10H2,(H,13,14)/t13-,14+,15-,16-,17+,18+,19-,20+,22+,23+,24-;6-/m10/s1. The zero-order valence-corrected chi connectivity index (χ0v) is 25.6. The van der Waals surface area contributed by atoms with Gasteiger partial charge in [-0.15, -0.1) is 0 Å². The molecule has 0 aliphatic heterocycles. The van der Waals surface area contributed by atoms with Crippen LogP contribution in [-0.2, 0) is 16.0 Å². The number of aromatic hydroxyl groups is 2. The van der Waals surface area contributed by atoms with Gasteiger partial charge in [-0.2, -0.15) is 0 Å². The SMILES string of the molecule is C[C@H](CCC(=O)O)[C@H]1CC[C@H]2[C@@H]3[C@H](O)C[C@@H]4C[C@H](O)CC[C@]4(C)[C@H]3C[C@H](O)[C@]12C.N[C@@H](Cc1ccc(O)c(O)c1)C(=O)O. The van der Waals surface area contributed by atoms with Crippen molar-refractivity contribution in [1.29, 1.82) is 0 Å². The van der Waals surface area contributed by atoms with Crippen molar-refractivity contribution in [3.05, 3.63) is 23.8 Å². The van der Waals surface area contributed by atoms with Crippen LogP contribution in [0, 0.1) is 46.3 Å². The van der Waals surface area contributed by atoms with Gasteiger partial charge in [0.25, 0.3) is 0 Å². The third-order valence-corrected chi connectivity index (χ3v) is 12.1. The van der Waals surface area contributed by atoms with Crippen LogP contribution in [0.2, 0.25) is 0 Å². The number of phenolic OH excluding ortho intramolecular Hbond substituents is 2. The predicted octanol–water partition coefficient (Wildman–Crippen LogP) is 3.50. The maximum atomic E-state index is 11.5. The number of fused-ring (bicyclic) bond motifs is 5. The minimum Gasteiger partial charge on any atom is -0.504 e. The highest BCUT2D eigenvalue weighted by Gasteiger charge is 2.65. The van der Waals surface area contributed by atoms with E-state index in [9.17, 15) is 24.9 Å². The first-order valence-electron chi connectivity index (χ1n) is 15.8. The molecule has 0 amide bonds. The molecular weight excluding hydrogens is 554 g/mol. The highest BCUT2D eigenvalue weighted by Crippen LogP contribution is 2.68. The molecule has 0 aromatic heterocycles. The number of rotatable bonds is 7. The lowest BCUT2D eigenvalue weighted by molar-refractivity contribution is -0.207. The largest absolute Gasteiger partial charge is 0.504 e. The molecule has 9 N–H and O–H groups in total. The highest BCUT2D eigenvalue weighted by molar-refractivity contribution is 5.73. The first kappa shape index (κ1) is 33.5. The third kappa shape index (κ3) is 6.53. The average molecular weight is 606 g/mol. The molecule has 12 atom stereocenters. The van der Waals surface area contributed by atoms with Crippen LogP contribution in [0.1, 0.15) is 84.1 Å². The van der Waals surface area contributed by atoms with Gasteiger partial charge in [-0.25, -0.2) is 0 Å². The fourth-order valence-electron chi connectivity index (χ4n) is 9.72. The Hall–Kier alpha value is -2.40. The number of carboxylic acid groups (broad SMARTS) is 2. The van der Waals surface area contributed by atoms with Gasteiger partial charge in [-0.05, 0) is 122 Å². The zero-order valence-electron chi connectivity index (χ0n) is 25.6. The molecule has 4 fully saturated rings. The minimum atomic E-state index is -1.10. The van der Waals surface area contributed by atoms with Crippen molar-refractivity contribution < 1.29 is 45.3 Å². The summed E-state index contributed by atoms with van der Waals surface area (Å²) in [5, 5.41) is 68.7. The van der Waals surface area contributed by atoms with Gasteiger partial charge in [0.05, 0.1) is 18.3 Å². The maximum Gasteiger partial charge on any atom is 0.320 e. The number of aliphatic carboxylic acids is 2. The van der Waals surface area contributed by atoms with E-state index in [1.807, 2.05) is 0 Å². The number of hydrogen-bond donors (Lipinski definition) is 8. The van der Waals surface area contributed by atoms with Crippen LogP contribution in [0.3, 0.4) is 0 Å². The average Bonchev–Trinajstić information content (AvgIpc) is 3.29. The van der Waals surface area contributed by atoms with Crippen LogP contribution in [0.5, 0.6) is 11.5 Å². The van der Waals surface area contributed by atoms with Gasteiger partial charge >= 0.3 is 11.9 Å². The molecule has 242 valence electrons. The van der Waals surface area contributed by atoms with E-state index in [0.717, 1.165) is 44.9 Å². The molecule has 10 nitrogen and oxygen atoms in total. The lowest BCUT2D eigenvalue weighted by Crippen LogP contribution is -2.62. The molecule has 4 aliphatic carbocycles. The Labute approximate surface area is 253 Å². The van der Waals surface area contributed by atoms with Gasteiger partial charge < -0.3 is 41.5 Å². The second kappa shape index (κ2) is 12.9. The van der Waals surface area contributed by atoms with E-state index in [1.165, 1.54) is 18.2 Å². The Bertz CT molecular complexity index is 1160. The van der Waals surface area contributed by atoms with Gasteiger partial charge in [-0.3, -0.25) is 9.59 Å². The van der Waals surface area contributed by atoms with E-state index in [-0.39, 0.29) is 59.2 Å². The third-order valence-electron chi connectivity index (χ3n) is 12.1. The Morgan fingerprint density at radius 1 is 0.977 bits per heavy atom. The molecule has 10 heteroatoms. The van der Waals surface area contributed by atoms with Crippen molar-refractivity contribution in [1.82, 2.24) is 0 Å². The number of benzene rings is 1. The van der Waals surface area contributed by atoms with Gasteiger partial charge in [0, 0.05) is 6.42 Å². The molecule has 0 radical (unpaired) electrons.